The lowest BCUT2D eigenvalue weighted by Gasteiger charge is -2.14. The number of rotatable bonds is 16. The molecule has 0 amide bonds. The maximum Gasteiger partial charge on any atom is 0.264 e. The Labute approximate surface area is 150 Å². The molecule has 0 atom stereocenters. The van der Waals surface area contributed by atoms with Crippen molar-refractivity contribution in [2.24, 2.45) is 0 Å². The molecular weight excluding hydrogens is 320 g/mol. The van der Waals surface area contributed by atoms with Crippen molar-refractivity contribution in [1.82, 2.24) is 0 Å². The topological polar surface area (TPSA) is 43.4 Å². The van der Waals surface area contributed by atoms with Crippen LogP contribution in [-0.2, 0) is 14.3 Å². The Morgan fingerprint density at radius 2 is 1.17 bits per heavy atom. The number of allylic oxidation sites excluding steroid dienone is 4. The van der Waals surface area contributed by atoms with Crippen LogP contribution >= 0.6 is 0 Å². The molecule has 0 aromatic rings. The molecule has 0 aliphatic heterocycles. The van der Waals surface area contributed by atoms with Crippen LogP contribution < -0.4 is 0 Å². The molecule has 0 aromatic heterocycles. The number of hydrogen-bond acceptors (Lipinski definition) is 3. The van der Waals surface area contributed by atoms with E-state index >= 15 is 0 Å². The Morgan fingerprint density at radius 3 is 1.54 bits per heavy atom. The fourth-order valence-corrected chi connectivity index (χ4v) is 3.23. The van der Waals surface area contributed by atoms with Crippen molar-refractivity contribution in [3.63, 3.8) is 0 Å². The first-order valence-corrected chi connectivity index (χ1v) is 11.5. The van der Waals surface area contributed by atoms with Crippen molar-refractivity contribution >= 4 is 10.1 Å². The normalized spacial score (nSPS) is 14.0. The van der Waals surface area contributed by atoms with Crippen LogP contribution in [0.1, 0.15) is 90.9 Å². The predicted molar refractivity (Wildman–Crippen MR) is 105 cm³/mol. The molecular formula is C20H38O3S. The maximum atomic E-state index is 11.4. The van der Waals surface area contributed by atoms with Crippen molar-refractivity contribution in [3.05, 3.63) is 24.3 Å². The van der Waals surface area contributed by atoms with Gasteiger partial charge in [-0.3, -0.25) is 4.18 Å². The average molecular weight is 359 g/mol. The second-order valence-electron chi connectivity index (χ2n) is 6.51. The molecule has 4 heteroatoms. The van der Waals surface area contributed by atoms with E-state index in [1.54, 1.807) is 0 Å². The second kappa shape index (κ2) is 15.9. The Morgan fingerprint density at radius 1 is 0.750 bits per heavy atom. The molecule has 3 nitrogen and oxygen atoms in total. The Hall–Kier alpha value is -0.610. The van der Waals surface area contributed by atoms with Crippen molar-refractivity contribution < 1.29 is 12.6 Å². The highest BCUT2D eigenvalue weighted by Gasteiger charge is 2.14. The third-order valence-electron chi connectivity index (χ3n) is 3.90. The minimum atomic E-state index is -3.38. The summed E-state index contributed by atoms with van der Waals surface area (Å²) in [6, 6.07) is 0. The van der Waals surface area contributed by atoms with E-state index in [2.05, 4.69) is 38.2 Å². The van der Waals surface area contributed by atoms with E-state index in [9.17, 15) is 8.42 Å². The van der Waals surface area contributed by atoms with E-state index in [1.165, 1.54) is 38.5 Å². The minimum absolute atomic E-state index is 0.208. The highest BCUT2D eigenvalue weighted by Crippen LogP contribution is 2.14. The van der Waals surface area contributed by atoms with Crippen LogP contribution in [0.5, 0.6) is 0 Å². The molecule has 0 heterocycles. The average Bonchev–Trinajstić information content (AvgIpc) is 2.51. The lowest BCUT2D eigenvalue weighted by molar-refractivity contribution is 0.193. The molecule has 0 fully saturated rings. The van der Waals surface area contributed by atoms with E-state index in [-0.39, 0.29) is 6.10 Å². The summed E-state index contributed by atoms with van der Waals surface area (Å²) in [7, 11) is -3.38. The van der Waals surface area contributed by atoms with Gasteiger partial charge in [0.15, 0.2) is 0 Å². The van der Waals surface area contributed by atoms with Crippen LogP contribution in [0.15, 0.2) is 24.3 Å². The third-order valence-corrected chi connectivity index (χ3v) is 4.53. The van der Waals surface area contributed by atoms with E-state index in [1.807, 2.05) is 0 Å². The molecule has 142 valence electrons. The molecule has 0 N–H and O–H groups in total. The van der Waals surface area contributed by atoms with Gasteiger partial charge in [-0.25, -0.2) is 0 Å². The molecule has 0 spiro atoms. The van der Waals surface area contributed by atoms with Crippen molar-refractivity contribution in [2.75, 3.05) is 6.26 Å². The zero-order valence-electron chi connectivity index (χ0n) is 16.0. The summed E-state index contributed by atoms with van der Waals surface area (Å²) >= 11 is 0. The van der Waals surface area contributed by atoms with E-state index in [0.29, 0.717) is 0 Å². The maximum absolute atomic E-state index is 11.4. The molecule has 0 aliphatic carbocycles. The van der Waals surface area contributed by atoms with E-state index in [0.717, 1.165) is 44.8 Å². The van der Waals surface area contributed by atoms with Gasteiger partial charge in [0.2, 0.25) is 0 Å². The lowest BCUT2D eigenvalue weighted by atomic mass is 10.1. The van der Waals surface area contributed by atoms with Crippen molar-refractivity contribution in [3.8, 4) is 0 Å². The molecule has 0 unspecified atom stereocenters. The Bertz CT molecular complexity index is 400. The number of hydrogen-bond donors (Lipinski definition) is 0. The van der Waals surface area contributed by atoms with Gasteiger partial charge in [0.05, 0.1) is 12.4 Å². The van der Waals surface area contributed by atoms with Crippen LogP contribution in [0, 0.1) is 0 Å². The fourth-order valence-electron chi connectivity index (χ4n) is 2.55. The molecule has 0 rings (SSSR count). The summed E-state index contributed by atoms with van der Waals surface area (Å²) < 4.78 is 28.0. The summed E-state index contributed by atoms with van der Waals surface area (Å²) in [4.78, 5) is 0. The van der Waals surface area contributed by atoms with Crippen LogP contribution in [0.2, 0.25) is 0 Å². The summed E-state index contributed by atoms with van der Waals surface area (Å²) in [6.07, 6.45) is 22.7. The molecule has 0 aromatic carbocycles. The van der Waals surface area contributed by atoms with Crippen LogP contribution in [-0.4, -0.2) is 20.8 Å². The molecule has 0 bridgehead atoms. The minimum Gasteiger partial charge on any atom is -0.267 e. The van der Waals surface area contributed by atoms with Gasteiger partial charge in [0, 0.05) is 0 Å². The van der Waals surface area contributed by atoms with E-state index < -0.39 is 10.1 Å². The van der Waals surface area contributed by atoms with Gasteiger partial charge >= 0.3 is 0 Å². The van der Waals surface area contributed by atoms with Gasteiger partial charge in [-0.1, -0.05) is 63.8 Å². The summed E-state index contributed by atoms with van der Waals surface area (Å²) in [6.45, 7) is 4.41. The molecule has 0 radical (unpaired) electrons. The van der Waals surface area contributed by atoms with Gasteiger partial charge < -0.3 is 0 Å². The van der Waals surface area contributed by atoms with Crippen molar-refractivity contribution in [2.45, 2.75) is 97.0 Å². The van der Waals surface area contributed by atoms with Gasteiger partial charge in [-0.2, -0.15) is 8.42 Å². The predicted octanol–water partition coefficient (Wildman–Crippen LogP) is 6.16. The molecule has 0 saturated heterocycles. The highest BCUT2D eigenvalue weighted by molar-refractivity contribution is 7.86. The standard InChI is InChI=1S/C20H38O3S/c1-4-6-8-10-12-14-16-18-20(23-24(3,21)22)19-17-15-13-11-9-7-5-2/h12-15,20H,4-11,16-19H2,1-3H3. The summed E-state index contributed by atoms with van der Waals surface area (Å²) in [5, 5.41) is 0. The van der Waals surface area contributed by atoms with E-state index in [4.69, 9.17) is 4.18 Å². The summed E-state index contributed by atoms with van der Waals surface area (Å²) in [5.74, 6) is 0. The molecule has 0 saturated carbocycles. The van der Waals surface area contributed by atoms with Crippen LogP contribution in [0.25, 0.3) is 0 Å². The first-order valence-electron chi connectivity index (χ1n) is 9.67. The third kappa shape index (κ3) is 17.7. The quantitative estimate of drug-likeness (QED) is 0.188. The SMILES string of the molecule is CCCCCC=CCCC(CCC=CCCCCC)OS(C)(=O)=O. The molecule has 24 heavy (non-hydrogen) atoms. The van der Waals surface area contributed by atoms with Crippen molar-refractivity contribution in [1.29, 1.82) is 0 Å². The monoisotopic (exact) mass is 358 g/mol. The zero-order chi connectivity index (χ0) is 18.1. The van der Waals surface area contributed by atoms with Crippen LogP contribution in [0.3, 0.4) is 0 Å². The smallest absolute Gasteiger partial charge is 0.264 e. The largest absolute Gasteiger partial charge is 0.267 e. The zero-order valence-corrected chi connectivity index (χ0v) is 16.8. The Balaban J connectivity index is 4.06. The van der Waals surface area contributed by atoms with Gasteiger partial charge in [0.25, 0.3) is 10.1 Å². The first-order chi connectivity index (χ1) is 11.5. The van der Waals surface area contributed by atoms with Gasteiger partial charge in [-0.05, 0) is 51.4 Å². The lowest BCUT2D eigenvalue weighted by Crippen LogP contribution is -2.17. The Kier molecular flexibility index (Phi) is 15.5. The summed E-state index contributed by atoms with van der Waals surface area (Å²) in [5.41, 5.74) is 0. The highest BCUT2D eigenvalue weighted by atomic mass is 32.2. The second-order valence-corrected chi connectivity index (χ2v) is 8.11. The first kappa shape index (κ1) is 23.4. The van der Waals surface area contributed by atoms with Gasteiger partial charge in [-0.15, -0.1) is 0 Å². The molecule has 0 aliphatic rings. The van der Waals surface area contributed by atoms with Crippen LogP contribution in [0.4, 0.5) is 0 Å². The fraction of sp³-hybridized carbons (Fsp3) is 0.800. The van der Waals surface area contributed by atoms with Gasteiger partial charge in [0.1, 0.15) is 0 Å². The number of unbranched alkanes of at least 4 members (excludes halogenated alkanes) is 6.